The third-order valence-electron chi connectivity index (χ3n) is 3.08. The molecule has 0 atom stereocenters. The van der Waals surface area contributed by atoms with Crippen LogP contribution in [0.3, 0.4) is 0 Å². The van der Waals surface area contributed by atoms with E-state index in [9.17, 15) is 14.9 Å². The Morgan fingerprint density at radius 2 is 2.32 bits per heavy atom. The summed E-state index contributed by atoms with van der Waals surface area (Å²) in [7, 11) is 0. The monoisotopic (exact) mass is 320 g/mol. The number of carbonyl (C=O) groups is 1. The molecular weight excluding hydrogens is 304 g/mol. The molecule has 0 radical (unpaired) electrons. The van der Waals surface area contributed by atoms with Crippen molar-refractivity contribution in [2.45, 2.75) is 17.9 Å². The molecule has 0 aliphatic heterocycles. The van der Waals surface area contributed by atoms with Gasteiger partial charge in [0.25, 0.3) is 11.6 Å². The molecule has 1 aromatic carbocycles. The van der Waals surface area contributed by atoms with Crippen LogP contribution in [0.5, 0.6) is 0 Å². The molecule has 0 saturated carbocycles. The number of nitro benzene ring substituents is 1. The number of nitro groups is 1. The van der Waals surface area contributed by atoms with Crippen LogP contribution in [0.1, 0.15) is 16.8 Å². The smallest absolute Gasteiger partial charge is 0.283 e. The largest absolute Gasteiger partial charge is 0.352 e. The Kier molecular flexibility index (Phi) is 5.54. The van der Waals surface area contributed by atoms with E-state index in [2.05, 4.69) is 10.3 Å². The Balaban J connectivity index is 1.91. The number of benzene rings is 1. The number of aryl methyl sites for hydroxylation is 1. The van der Waals surface area contributed by atoms with Crippen LogP contribution in [-0.4, -0.2) is 33.2 Å². The van der Waals surface area contributed by atoms with Crippen LogP contribution in [0, 0.1) is 10.1 Å². The zero-order chi connectivity index (χ0) is 15.9. The lowest BCUT2D eigenvalue weighted by molar-refractivity contribution is -0.387. The molecule has 0 saturated heterocycles. The normalized spacial score (nSPS) is 10.4. The van der Waals surface area contributed by atoms with Crippen molar-refractivity contribution in [1.82, 2.24) is 14.9 Å². The van der Waals surface area contributed by atoms with Crippen molar-refractivity contribution in [3.8, 4) is 0 Å². The van der Waals surface area contributed by atoms with Crippen molar-refractivity contribution in [2.75, 3.05) is 12.8 Å². The third-order valence-corrected chi connectivity index (χ3v) is 3.86. The van der Waals surface area contributed by atoms with Crippen molar-refractivity contribution in [3.63, 3.8) is 0 Å². The van der Waals surface area contributed by atoms with Gasteiger partial charge in [0.15, 0.2) is 0 Å². The van der Waals surface area contributed by atoms with Crippen LogP contribution < -0.4 is 5.32 Å². The molecule has 8 heteroatoms. The number of aromatic nitrogens is 2. The lowest BCUT2D eigenvalue weighted by Gasteiger charge is -2.07. The van der Waals surface area contributed by atoms with E-state index < -0.39 is 4.92 Å². The molecule has 0 aliphatic rings. The number of hydrogen-bond acceptors (Lipinski definition) is 5. The zero-order valence-electron chi connectivity index (χ0n) is 12.1. The predicted octanol–water partition coefficient (Wildman–Crippen LogP) is 2.33. The molecule has 0 spiro atoms. The number of hydrogen-bond donors (Lipinski definition) is 1. The molecule has 0 aliphatic carbocycles. The van der Waals surface area contributed by atoms with Gasteiger partial charge < -0.3 is 9.88 Å². The van der Waals surface area contributed by atoms with Gasteiger partial charge in [-0.3, -0.25) is 14.9 Å². The molecule has 1 amide bonds. The SMILES string of the molecule is CSc1ccc(C(=O)NCCCn2ccnc2)cc1[N+](=O)[O-]. The first-order valence-electron chi connectivity index (χ1n) is 6.68. The van der Waals surface area contributed by atoms with Gasteiger partial charge in [0, 0.05) is 37.1 Å². The number of amides is 1. The molecule has 0 bridgehead atoms. The summed E-state index contributed by atoms with van der Waals surface area (Å²) in [6.07, 6.45) is 7.79. The van der Waals surface area contributed by atoms with E-state index in [1.165, 1.54) is 17.8 Å². The molecule has 116 valence electrons. The number of nitrogens with one attached hydrogen (secondary N) is 1. The van der Waals surface area contributed by atoms with Crippen molar-refractivity contribution >= 4 is 23.4 Å². The molecule has 1 N–H and O–H groups in total. The van der Waals surface area contributed by atoms with Crippen LogP contribution in [-0.2, 0) is 6.54 Å². The minimum absolute atomic E-state index is 0.0430. The second-order valence-corrected chi connectivity index (χ2v) is 5.40. The molecule has 1 aromatic heterocycles. The van der Waals surface area contributed by atoms with Gasteiger partial charge in [-0.05, 0) is 24.8 Å². The van der Waals surface area contributed by atoms with Gasteiger partial charge >= 0.3 is 0 Å². The van der Waals surface area contributed by atoms with Crippen LogP contribution >= 0.6 is 11.8 Å². The summed E-state index contributed by atoms with van der Waals surface area (Å²) in [5.74, 6) is -0.304. The van der Waals surface area contributed by atoms with Gasteiger partial charge in [-0.15, -0.1) is 11.8 Å². The summed E-state index contributed by atoms with van der Waals surface area (Å²) in [6, 6.07) is 4.52. The van der Waals surface area contributed by atoms with Crippen molar-refractivity contribution < 1.29 is 9.72 Å². The Morgan fingerprint density at radius 1 is 1.50 bits per heavy atom. The van der Waals surface area contributed by atoms with E-state index >= 15 is 0 Å². The minimum Gasteiger partial charge on any atom is -0.352 e. The first-order valence-corrected chi connectivity index (χ1v) is 7.90. The minimum atomic E-state index is -0.471. The number of carbonyl (C=O) groups excluding carboxylic acids is 1. The van der Waals surface area contributed by atoms with E-state index in [0.29, 0.717) is 17.0 Å². The molecule has 0 unspecified atom stereocenters. The van der Waals surface area contributed by atoms with E-state index in [1.54, 1.807) is 30.9 Å². The van der Waals surface area contributed by atoms with E-state index in [-0.39, 0.29) is 11.6 Å². The average Bonchev–Trinajstić information content (AvgIpc) is 3.04. The Morgan fingerprint density at radius 3 is 2.95 bits per heavy atom. The Bertz CT molecular complexity index is 658. The standard InChI is InChI=1S/C14H16N4O3S/c1-22-13-4-3-11(9-12(13)18(20)21)14(19)16-5-2-7-17-8-6-15-10-17/h3-4,6,8-10H,2,5,7H2,1H3,(H,16,19). The summed E-state index contributed by atoms with van der Waals surface area (Å²) in [4.78, 5) is 27.0. The fourth-order valence-electron chi connectivity index (χ4n) is 1.96. The maximum Gasteiger partial charge on any atom is 0.283 e. The topological polar surface area (TPSA) is 90.1 Å². The summed E-state index contributed by atoms with van der Waals surface area (Å²) >= 11 is 1.28. The lowest BCUT2D eigenvalue weighted by atomic mass is 10.2. The number of rotatable bonds is 7. The molecule has 0 fully saturated rings. The highest BCUT2D eigenvalue weighted by molar-refractivity contribution is 7.98. The highest BCUT2D eigenvalue weighted by atomic mass is 32.2. The highest BCUT2D eigenvalue weighted by Crippen LogP contribution is 2.28. The average molecular weight is 320 g/mol. The molecule has 1 heterocycles. The summed E-state index contributed by atoms with van der Waals surface area (Å²) < 4.78 is 1.92. The second kappa shape index (κ2) is 7.60. The summed E-state index contributed by atoms with van der Waals surface area (Å²) in [5.41, 5.74) is 0.255. The van der Waals surface area contributed by atoms with Crippen molar-refractivity contribution in [2.24, 2.45) is 0 Å². The van der Waals surface area contributed by atoms with Crippen LogP contribution in [0.15, 0.2) is 41.8 Å². The molecule has 7 nitrogen and oxygen atoms in total. The molecule has 2 rings (SSSR count). The zero-order valence-corrected chi connectivity index (χ0v) is 12.9. The van der Waals surface area contributed by atoms with Crippen LogP contribution in [0.4, 0.5) is 5.69 Å². The first kappa shape index (κ1) is 16.0. The number of thioether (sulfide) groups is 1. The quantitative estimate of drug-likeness (QED) is 0.366. The molecule has 2 aromatic rings. The Labute approximate surface area is 131 Å². The second-order valence-electron chi connectivity index (χ2n) is 4.55. The fraction of sp³-hybridized carbons (Fsp3) is 0.286. The molecular formula is C14H16N4O3S. The van der Waals surface area contributed by atoms with Crippen molar-refractivity contribution in [1.29, 1.82) is 0 Å². The van der Waals surface area contributed by atoms with Gasteiger partial charge in [-0.2, -0.15) is 0 Å². The molecule has 22 heavy (non-hydrogen) atoms. The fourth-order valence-corrected chi connectivity index (χ4v) is 2.51. The van der Waals surface area contributed by atoms with Gasteiger partial charge in [0.05, 0.1) is 16.1 Å². The first-order chi connectivity index (χ1) is 10.6. The van der Waals surface area contributed by atoms with Crippen LogP contribution in [0.2, 0.25) is 0 Å². The predicted molar refractivity (Wildman–Crippen MR) is 84.1 cm³/mol. The van der Waals surface area contributed by atoms with Crippen LogP contribution in [0.25, 0.3) is 0 Å². The van der Waals surface area contributed by atoms with Gasteiger partial charge in [0.1, 0.15) is 0 Å². The maximum atomic E-state index is 12.0. The lowest BCUT2D eigenvalue weighted by Crippen LogP contribution is -2.25. The van der Waals surface area contributed by atoms with E-state index in [4.69, 9.17) is 0 Å². The summed E-state index contributed by atoms with van der Waals surface area (Å²) in [6.45, 7) is 1.25. The third kappa shape index (κ3) is 4.08. The van der Waals surface area contributed by atoms with Gasteiger partial charge in [-0.1, -0.05) is 0 Å². The Hall–Kier alpha value is -2.35. The van der Waals surface area contributed by atoms with E-state index in [0.717, 1.165) is 13.0 Å². The number of imidazole rings is 1. The maximum absolute atomic E-state index is 12.0. The van der Waals surface area contributed by atoms with Gasteiger partial charge in [0.2, 0.25) is 0 Å². The summed E-state index contributed by atoms with van der Waals surface area (Å²) in [5, 5.41) is 13.8. The van der Waals surface area contributed by atoms with E-state index in [1.807, 2.05) is 10.8 Å². The van der Waals surface area contributed by atoms with Crippen molar-refractivity contribution in [3.05, 3.63) is 52.6 Å². The number of nitrogens with zero attached hydrogens (tertiary/aromatic N) is 3. The highest BCUT2D eigenvalue weighted by Gasteiger charge is 2.16. The van der Waals surface area contributed by atoms with Gasteiger partial charge in [-0.25, -0.2) is 4.98 Å².